The molecular weight excluding hydrogens is 395 g/mol. The van der Waals surface area contributed by atoms with Crippen molar-refractivity contribution in [3.8, 4) is 0 Å². The first-order valence-corrected chi connectivity index (χ1v) is 10.1. The highest BCUT2D eigenvalue weighted by Gasteiger charge is 2.35. The molecule has 2 aliphatic heterocycles. The molecule has 30 heavy (non-hydrogen) atoms. The van der Waals surface area contributed by atoms with Crippen molar-refractivity contribution < 1.29 is 22.7 Å². The molecule has 1 saturated heterocycles. The van der Waals surface area contributed by atoms with Gasteiger partial charge in [0.05, 0.1) is 24.3 Å². The van der Waals surface area contributed by atoms with Crippen LogP contribution in [0.3, 0.4) is 0 Å². The number of benzene rings is 2. The average Bonchev–Trinajstić information content (AvgIpc) is 2.75. The number of ether oxygens (including phenoxy) is 1. The van der Waals surface area contributed by atoms with Crippen LogP contribution >= 0.6 is 0 Å². The van der Waals surface area contributed by atoms with Crippen LogP contribution in [-0.2, 0) is 10.9 Å². The second kappa shape index (κ2) is 8.65. The van der Waals surface area contributed by atoms with E-state index >= 15 is 0 Å². The molecule has 1 fully saturated rings. The van der Waals surface area contributed by atoms with E-state index < -0.39 is 17.9 Å². The lowest BCUT2D eigenvalue weighted by Gasteiger charge is -2.39. The van der Waals surface area contributed by atoms with Gasteiger partial charge in [0, 0.05) is 31.9 Å². The highest BCUT2D eigenvalue weighted by Crippen LogP contribution is 2.36. The van der Waals surface area contributed by atoms with Crippen molar-refractivity contribution in [2.24, 2.45) is 0 Å². The number of hydrogen-bond donors (Lipinski definition) is 1. The van der Waals surface area contributed by atoms with Crippen LogP contribution in [0.4, 0.5) is 18.9 Å². The van der Waals surface area contributed by atoms with Gasteiger partial charge in [0.25, 0.3) is 5.91 Å². The molecule has 0 spiro atoms. The molecule has 0 radical (unpaired) electrons. The number of carbonyl (C=O) groups is 1. The van der Waals surface area contributed by atoms with Gasteiger partial charge in [-0.15, -0.1) is 0 Å². The van der Waals surface area contributed by atoms with Crippen LogP contribution in [0.5, 0.6) is 0 Å². The summed E-state index contributed by atoms with van der Waals surface area (Å²) in [7, 11) is 0. The average molecular weight is 419 g/mol. The summed E-state index contributed by atoms with van der Waals surface area (Å²) in [4.78, 5) is 17.1. The molecule has 1 N–H and O–H groups in total. The summed E-state index contributed by atoms with van der Waals surface area (Å²) in [5.41, 5.74) is 0.863. The van der Waals surface area contributed by atoms with Gasteiger partial charge in [0.2, 0.25) is 0 Å². The number of fused-ring (bicyclic) bond motifs is 1. The van der Waals surface area contributed by atoms with Gasteiger partial charge in [-0.1, -0.05) is 24.3 Å². The van der Waals surface area contributed by atoms with Crippen LogP contribution in [-0.4, -0.2) is 55.1 Å². The zero-order valence-corrected chi connectivity index (χ0v) is 16.5. The fourth-order valence-electron chi connectivity index (χ4n) is 3.96. The van der Waals surface area contributed by atoms with E-state index in [2.05, 4.69) is 10.2 Å². The lowest BCUT2D eigenvalue weighted by Crippen LogP contribution is -2.44. The molecule has 0 aromatic heterocycles. The fraction of sp³-hybridized carbons (Fsp3) is 0.409. The monoisotopic (exact) mass is 419 g/mol. The van der Waals surface area contributed by atoms with Gasteiger partial charge >= 0.3 is 6.18 Å². The Labute approximate surface area is 173 Å². The normalized spacial score (nSPS) is 20.0. The third-order valence-electron chi connectivity index (χ3n) is 5.53. The van der Waals surface area contributed by atoms with Crippen LogP contribution in [0.2, 0.25) is 0 Å². The van der Waals surface area contributed by atoms with Crippen LogP contribution in [0.15, 0.2) is 48.5 Å². The summed E-state index contributed by atoms with van der Waals surface area (Å²) < 4.78 is 45.1. The smallest absolute Gasteiger partial charge is 0.379 e. The highest BCUT2D eigenvalue weighted by atomic mass is 19.4. The van der Waals surface area contributed by atoms with Crippen molar-refractivity contribution in [3.05, 3.63) is 65.2 Å². The summed E-state index contributed by atoms with van der Waals surface area (Å²) in [5.74, 6) is -0.172. The molecule has 0 saturated carbocycles. The Balaban J connectivity index is 1.58. The van der Waals surface area contributed by atoms with Crippen molar-refractivity contribution in [1.82, 2.24) is 9.80 Å². The minimum Gasteiger partial charge on any atom is -0.379 e. The number of halogens is 3. The van der Waals surface area contributed by atoms with Gasteiger partial charge in [0.1, 0.15) is 6.17 Å². The molecule has 2 aliphatic rings. The number of carbonyl (C=O) groups excluding carboxylic acids is 1. The predicted molar refractivity (Wildman–Crippen MR) is 107 cm³/mol. The number of nitrogens with zero attached hydrogens (tertiary/aromatic N) is 2. The molecule has 160 valence electrons. The van der Waals surface area contributed by atoms with E-state index in [0.29, 0.717) is 36.6 Å². The Morgan fingerprint density at radius 3 is 2.57 bits per heavy atom. The maximum atomic E-state index is 13.2. The number of anilines is 1. The summed E-state index contributed by atoms with van der Waals surface area (Å²) in [6.45, 7) is 4.36. The molecule has 5 nitrogen and oxygen atoms in total. The fourth-order valence-corrected chi connectivity index (χ4v) is 3.96. The molecule has 2 aromatic rings. The molecule has 8 heteroatoms. The zero-order chi connectivity index (χ0) is 21.1. The summed E-state index contributed by atoms with van der Waals surface area (Å²) >= 11 is 0. The number of alkyl halides is 3. The highest BCUT2D eigenvalue weighted by molar-refractivity contribution is 6.01. The number of rotatable bonds is 5. The molecule has 0 aliphatic carbocycles. The third kappa shape index (κ3) is 4.44. The van der Waals surface area contributed by atoms with Crippen molar-refractivity contribution in [1.29, 1.82) is 0 Å². The largest absolute Gasteiger partial charge is 0.416 e. The maximum absolute atomic E-state index is 13.2. The molecule has 4 rings (SSSR count). The van der Waals surface area contributed by atoms with Gasteiger partial charge < -0.3 is 15.0 Å². The SMILES string of the molecule is O=C1c2ccccc2NC(c2cccc(C(F)(F)F)c2)N1CCCN1CCOCC1. The molecule has 1 unspecified atom stereocenters. The molecule has 1 atom stereocenters. The Morgan fingerprint density at radius 2 is 1.80 bits per heavy atom. The Kier molecular flexibility index (Phi) is 5.97. The standard InChI is InChI=1S/C22H24F3N3O2/c23-22(24,25)17-6-3-5-16(15-17)20-26-19-8-2-1-7-18(19)21(29)28(20)10-4-9-27-11-13-30-14-12-27/h1-3,5-8,15,20,26H,4,9-14H2. The zero-order valence-electron chi connectivity index (χ0n) is 16.5. The maximum Gasteiger partial charge on any atom is 0.416 e. The van der Waals surface area contributed by atoms with Crippen LogP contribution in [0, 0.1) is 0 Å². The quantitative estimate of drug-likeness (QED) is 0.796. The van der Waals surface area contributed by atoms with E-state index in [0.717, 1.165) is 38.2 Å². The Morgan fingerprint density at radius 1 is 1.03 bits per heavy atom. The first kappa shape index (κ1) is 20.7. The van der Waals surface area contributed by atoms with Gasteiger partial charge in [-0.2, -0.15) is 13.2 Å². The van der Waals surface area contributed by atoms with Crippen LogP contribution < -0.4 is 5.32 Å². The lowest BCUT2D eigenvalue weighted by molar-refractivity contribution is -0.137. The number of hydrogen-bond acceptors (Lipinski definition) is 4. The minimum absolute atomic E-state index is 0.172. The minimum atomic E-state index is -4.44. The Bertz CT molecular complexity index is 897. The van der Waals surface area contributed by atoms with E-state index in [1.54, 1.807) is 35.2 Å². The van der Waals surface area contributed by atoms with E-state index in [1.165, 1.54) is 6.07 Å². The second-order valence-corrected chi connectivity index (χ2v) is 7.52. The molecular formula is C22H24F3N3O2. The van der Waals surface area contributed by atoms with Crippen LogP contribution in [0.25, 0.3) is 0 Å². The third-order valence-corrected chi connectivity index (χ3v) is 5.53. The van der Waals surface area contributed by atoms with Gasteiger partial charge in [-0.05, 0) is 36.2 Å². The topological polar surface area (TPSA) is 44.8 Å². The number of amides is 1. The van der Waals surface area contributed by atoms with E-state index in [4.69, 9.17) is 4.74 Å². The predicted octanol–water partition coefficient (Wildman–Crippen LogP) is 3.99. The van der Waals surface area contributed by atoms with Crippen molar-refractivity contribution >= 4 is 11.6 Å². The van der Waals surface area contributed by atoms with E-state index in [1.807, 2.05) is 0 Å². The lowest BCUT2D eigenvalue weighted by atomic mass is 10.0. The summed E-state index contributed by atoms with van der Waals surface area (Å²) in [5, 5.41) is 3.27. The molecule has 0 bridgehead atoms. The number of para-hydroxylation sites is 1. The van der Waals surface area contributed by atoms with Crippen molar-refractivity contribution in [2.75, 3.05) is 44.7 Å². The van der Waals surface area contributed by atoms with Gasteiger partial charge in [0.15, 0.2) is 0 Å². The summed E-state index contributed by atoms with van der Waals surface area (Å²) in [6.07, 6.45) is -4.36. The number of nitrogens with one attached hydrogen (secondary N) is 1. The molecule has 1 amide bonds. The van der Waals surface area contributed by atoms with Crippen molar-refractivity contribution in [3.63, 3.8) is 0 Å². The Hall–Kier alpha value is -2.58. The molecule has 2 aromatic carbocycles. The van der Waals surface area contributed by atoms with Crippen LogP contribution in [0.1, 0.15) is 34.1 Å². The second-order valence-electron chi connectivity index (χ2n) is 7.52. The summed E-state index contributed by atoms with van der Waals surface area (Å²) in [6, 6.07) is 12.3. The van der Waals surface area contributed by atoms with Gasteiger partial charge in [-0.25, -0.2) is 0 Å². The molecule has 2 heterocycles. The van der Waals surface area contributed by atoms with Crippen molar-refractivity contribution in [2.45, 2.75) is 18.8 Å². The van der Waals surface area contributed by atoms with E-state index in [-0.39, 0.29) is 5.91 Å². The van der Waals surface area contributed by atoms with Gasteiger partial charge in [-0.3, -0.25) is 9.69 Å². The number of morpholine rings is 1. The first-order chi connectivity index (χ1) is 14.4. The first-order valence-electron chi connectivity index (χ1n) is 10.1. The van der Waals surface area contributed by atoms with E-state index in [9.17, 15) is 18.0 Å².